The van der Waals surface area contributed by atoms with Crippen LogP contribution in [0.4, 0.5) is 0 Å². The highest BCUT2D eigenvalue weighted by Crippen LogP contribution is 2.31. The molecule has 0 unspecified atom stereocenters. The highest BCUT2D eigenvalue weighted by Gasteiger charge is 2.28. The van der Waals surface area contributed by atoms with Gasteiger partial charge >= 0.3 is 0 Å². The number of hydrogen-bond acceptors (Lipinski definition) is 4. The lowest BCUT2D eigenvalue weighted by atomic mass is 10.0. The van der Waals surface area contributed by atoms with Crippen molar-refractivity contribution in [3.8, 4) is 11.5 Å². The second-order valence-electron chi connectivity index (χ2n) is 6.34. The molecule has 2 aliphatic heterocycles. The number of piperidine rings is 1. The number of fused-ring (bicyclic) bond motifs is 1. The standard InChI is InChI=1S/C19H26N2O3/c1-3-10-21(16-6-8-20-9-7-16)19(22)15-11-14-12-17(23-2)4-5-18(14)24-13-15/h4-5,11-12,16,20H,3,6-10,13H2,1-2H3. The topological polar surface area (TPSA) is 50.8 Å². The first-order valence-electron chi connectivity index (χ1n) is 8.76. The molecule has 0 aromatic heterocycles. The van der Waals surface area contributed by atoms with Gasteiger partial charge < -0.3 is 19.7 Å². The summed E-state index contributed by atoms with van der Waals surface area (Å²) in [5.74, 6) is 1.68. The minimum atomic E-state index is 0.109. The molecule has 0 spiro atoms. The molecule has 2 aliphatic rings. The Bertz CT molecular complexity index is 621. The number of ether oxygens (including phenoxy) is 2. The van der Waals surface area contributed by atoms with Crippen molar-refractivity contribution in [2.75, 3.05) is 33.4 Å². The highest BCUT2D eigenvalue weighted by molar-refractivity contribution is 5.99. The van der Waals surface area contributed by atoms with Crippen molar-refractivity contribution in [2.24, 2.45) is 0 Å². The fraction of sp³-hybridized carbons (Fsp3) is 0.526. The third-order valence-electron chi connectivity index (χ3n) is 4.68. The van der Waals surface area contributed by atoms with Crippen LogP contribution in [0.3, 0.4) is 0 Å². The van der Waals surface area contributed by atoms with E-state index in [0.29, 0.717) is 12.6 Å². The molecule has 24 heavy (non-hydrogen) atoms. The quantitative estimate of drug-likeness (QED) is 0.901. The summed E-state index contributed by atoms with van der Waals surface area (Å²) >= 11 is 0. The third-order valence-corrected chi connectivity index (χ3v) is 4.68. The predicted octanol–water partition coefficient (Wildman–Crippen LogP) is 2.46. The van der Waals surface area contributed by atoms with Crippen molar-refractivity contribution in [2.45, 2.75) is 32.2 Å². The van der Waals surface area contributed by atoms with E-state index in [0.717, 1.165) is 61.5 Å². The molecule has 5 heteroatoms. The van der Waals surface area contributed by atoms with Gasteiger partial charge in [-0.2, -0.15) is 0 Å². The number of nitrogens with zero attached hydrogens (tertiary/aromatic N) is 1. The van der Waals surface area contributed by atoms with E-state index in [1.54, 1.807) is 7.11 Å². The number of carbonyl (C=O) groups excluding carboxylic acids is 1. The van der Waals surface area contributed by atoms with E-state index in [-0.39, 0.29) is 5.91 Å². The number of amides is 1. The van der Waals surface area contributed by atoms with E-state index in [2.05, 4.69) is 12.2 Å². The largest absolute Gasteiger partial charge is 0.497 e. The van der Waals surface area contributed by atoms with Crippen molar-refractivity contribution in [1.82, 2.24) is 10.2 Å². The molecule has 5 nitrogen and oxygen atoms in total. The van der Waals surface area contributed by atoms with Crippen LogP contribution in [-0.2, 0) is 4.79 Å². The number of hydrogen-bond donors (Lipinski definition) is 1. The summed E-state index contributed by atoms with van der Waals surface area (Å²) < 4.78 is 11.1. The van der Waals surface area contributed by atoms with Crippen molar-refractivity contribution in [1.29, 1.82) is 0 Å². The number of carbonyl (C=O) groups is 1. The zero-order valence-electron chi connectivity index (χ0n) is 14.5. The summed E-state index contributed by atoms with van der Waals surface area (Å²) in [7, 11) is 1.64. The van der Waals surface area contributed by atoms with Gasteiger partial charge in [0.05, 0.1) is 12.7 Å². The minimum absolute atomic E-state index is 0.109. The zero-order valence-corrected chi connectivity index (χ0v) is 14.5. The molecule has 1 amide bonds. The first-order valence-corrected chi connectivity index (χ1v) is 8.76. The molecule has 1 N–H and O–H groups in total. The molecular weight excluding hydrogens is 304 g/mol. The number of rotatable bonds is 5. The van der Waals surface area contributed by atoms with Crippen molar-refractivity contribution in [3.63, 3.8) is 0 Å². The fourth-order valence-corrected chi connectivity index (χ4v) is 3.40. The number of benzene rings is 1. The average molecular weight is 330 g/mol. The molecule has 0 atom stereocenters. The minimum Gasteiger partial charge on any atom is -0.497 e. The van der Waals surface area contributed by atoms with Crippen LogP contribution >= 0.6 is 0 Å². The lowest BCUT2D eigenvalue weighted by Gasteiger charge is -2.35. The maximum absolute atomic E-state index is 13.1. The highest BCUT2D eigenvalue weighted by atomic mass is 16.5. The second-order valence-corrected chi connectivity index (χ2v) is 6.34. The fourth-order valence-electron chi connectivity index (χ4n) is 3.40. The van der Waals surface area contributed by atoms with E-state index in [4.69, 9.17) is 9.47 Å². The third kappa shape index (κ3) is 3.56. The van der Waals surface area contributed by atoms with E-state index in [9.17, 15) is 4.79 Å². The molecule has 1 aromatic carbocycles. The van der Waals surface area contributed by atoms with Gasteiger partial charge in [-0.15, -0.1) is 0 Å². The normalized spacial score (nSPS) is 17.5. The van der Waals surface area contributed by atoms with E-state index < -0.39 is 0 Å². The van der Waals surface area contributed by atoms with E-state index in [1.165, 1.54) is 0 Å². The first-order chi connectivity index (χ1) is 11.7. The monoisotopic (exact) mass is 330 g/mol. The summed E-state index contributed by atoms with van der Waals surface area (Å²) in [6.45, 7) is 5.21. The molecule has 130 valence electrons. The summed E-state index contributed by atoms with van der Waals surface area (Å²) in [6.07, 6.45) is 4.95. The van der Waals surface area contributed by atoms with Crippen molar-refractivity contribution < 1.29 is 14.3 Å². The van der Waals surface area contributed by atoms with Crippen LogP contribution in [0.15, 0.2) is 23.8 Å². The number of methoxy groups -OCH3 is 1. The molecule has 3 rings (SSSR count). The van der Waals surface area contributed by atoms with Gasteiger partial charge in [-0.3, -0.25) is 4.79 Å². The van der Waals surface area contributed by atoms with Gasteiger partial charge in [-0.05, 0) is 56.6 Å². The van der Waals surface area contributed by atoms with Gasteiger partial charge in [0, 0.05) is 18.2 Å². The summed E-state index contributed by atoms with van der Waals surface area (Å²) in [4.78, 5) is 15.1. The average Bonchev–Trinajstić information content (AvgIpc) is 2.65. The molecular formula is C19H26N2O3. The Morgan fingerprint density at radius 1 is 1.38 bits per heavy atom. The Morgan fingerprint density at radius 3 is 2.88 bits per heavy atom. The van der Waals surface area contributed by atoms with Gasteiger partial charge in [-0.1, -0.05) is 6.92 Å². The van der Waals surface area contributed by atoms with Crippen molar-refractivity contribution in [3.05, 3.63) is 29.3 Å². The molecule has 2 heterocycles. The summed E-state index contributed by atoms with van der Waals surface area (Å²) in [5, 5.41) is 3.36. The van der Waals surface area contributed by atoms with E-state index >= 15 is 0 Å². The molecule has 0 saturated carbocycles. The van der Waals surface area contributed by atoms with Gasteiger partial charge in [-0.25, -0.2) is 0 Å². The van der Waals surface area contributed by atoms with Gasteiger partial charge in [0.15, 0.2) is 0 Å². The SMILES string of the molecule is CCCN(C(=O)C1=Cc2cc(OC)ccc2OC1)C1CCNCC1. The van der Waals surface area contributed by atoms with Gasteiger partial charge in [0.25, 0.3) is 5.91 Å². The lowest BCUT2D eigenvalue weighted by Crippen LogP contribution is -2.47. The van der Waals surface area contributed by atoms with Crippen LogP contribution in [0.25, 0.3) is 6.08 Å². The first kappa shape index (κ1) is 16.8. The van der Waals surface area contributed by atoms with Gasteiger partial charge in [0.1, 0.15) is 18.1 Å². The molecule has 1 saturated heterocycles. The van der Waals surface area contributed by atoms with Gasteiger partial charge in [0.2, 0.25) is 0 Å². The van der Waals surface area contributed by atoms with Crippen LogP contribution in [0.2, 0.25) is 0 Å². The Balaban J connectivity index is 1.82. The molecule has 1 fully saturated rings. The summed E-state index contributed by atoms with van der Waals surface area (Å²) in [6, 6.07) is 6.00. The summed E-state index contributed by atoms with van der Waals surface area (Å²) in [5.41, 5.74) is 1.63. The predicted molar refractivity (Wildman–Crippen MR) is 94.4 cm³/mol. The Hall–Kier alpha value is -2.01. The molecule has 1 aromatic rings. The zero-order chi connectivity index (χ0) is 16.9. The maximum atomic E-state index is 13.1. The van der Waals surface area contributed by atoms with Crippen LogP contribution in [-0.4, -0.2) is 50.2 Å². The van der Waals surface area contributed by atoms with Crippen molar-refractivity contribution >= 4 is 12.0 Å². The lowest BCUT2D eigenvalue weighted by molar-refractivity contribution is -0.130. The van der Waals surface area contributed by atoms with Crippen LogP contribution in [0, 0.1) is 0 Å². The number of nitrogens with one attached hydrogen (secondary N) is 1. The van der Waals surface area contributed by atoms with Crippen LogP contribution in [0.5, 0.6) is 11.5 Å². The molecule has 0 bridgehead atoms. The Labute approximate surface area is 143 Å². The van der Waals surface area contributed by atoms with Crippen LogP contribution < -0.4 is 14.8 Å². The smallest absolute Gasteiger partial charge is 0.253 e. The molecule has 0 radical (unpaired) electrons. The molecule has 0 aliphatic carbocycles. The Kier molecular flexibility index (Phi) is 5.41. The van der Waals surface area contributed by atoms with E-state index in [1.807, 2.05) is 29.2 Å². The maximum Gasteiger partial charge on any atom is 0.253 e. The Morgan fingerprint density at radius 2 is 2.17 bits per heavy atom. The van der Waals surface area contributed by atoms with Crippen LogP contribution in [0.1, 0.15) is 31.7 Å². The second kappa shape index (κ2) is 7.71.